The van der Waals surface area contributed by atoms with Gasteiger partial charge in [-0.3, -0.25) is 4.79 Å². The van der Waals surface area contributed by atoms with Crippen molar-refractivity contribution in [3.8, 4) is 0 Å². The zero-order valence-electron chi connectivity index (χ0n) is 12.2. The molecule has 1 amide bonds. The number of nitrogens with one attached hydrogen (secondary N) is 1. The van der Waals surface area contributed by atoms with Crippen molar-refractivity contribution in [2.45, 2.75) is 46.0 Å². The Morgan fingerprint density at radius 1 is 1.30 bits per heavy atom. The van der Waals surface area contributed by atoms with Gasteiger partial charge in [-0.05, 0) is 31.4 Å². The highest BCUT2D eigenvalue weighted by Crippen LogP contribution is 2.37. The van der Waals surface area contributed by atoms with E-state index in [4.69, 9.17) is 18.0 Å². The van der Waals surface area contributed by atoms with Gasteiger partial charge in [-0.1, -0.05) is 50.5 Å². The van der Waals surface area contributed by atoms with E-state index in [1.54, 1.807) is 0 Å². The minimum Gasteiger partial charge on any atom is -0.389 e. The van der Waals surface area contributed by atoms with E-state index in [-0.39, 0.29) is 11.3 Å². The first-order chi connectivity index (χ1) is 9.42. The maximum Gasteiger partial charge on any atom is 0.230 e. The molecule has 1 aromatic carbocycles. The summed E-state index contributed by atoms with van der Waals surface area (Å²) in [4.78, 5) is 12.9. The van der Waals surface area contributed by atoms with Crippen LogP contribution in [0.3, 0.4) is 0 Å². The molecule has 1 fully saturated rings. The Morgan fingerprint density at radius 3 is 2.55 bits per heavy atom. The van der Waals surface area contributed by atoms with E-state index in [0.29, 0.717) is 4.99 Å². The van der Waals surface area contributed by atoms with E-state index >= 15 is 0 Å². The van der Waals surface area contributed by atoms with Gasteiger partial charge in [-0.25, -0.2) is 0 Å². The zero-order valence-corrected chi connectivity index (χ0v) is 13.0. The van der Waals surface area contributed by atoms with Gasteiger partial charge in [0.2, 0.25) is 5.91 Å². The zero-order chi connectivity index (χ0) is 14.8. The third-order valence-electron chi connectivity index (χ3n) is 4.28. The van der Waals surface area contributed by atoms with Crippen LogP contribution in [0.2, 0.25) is 0 Å². The number of hydrogen-bond donors (Lipinski definition) is 2. The first-order valence-electron chi connectivity index (χ1n) is 7.14. The molecule has 1 aliphatic rings. The summed E-state index contributed by atoms with van der Waals surface area (Å²) in [6.45, 7) is 4.04. The Balaban J connectivity index is 2.18. The Bertz CT molecular complexity index is 533. The van der Waals surface area contributed by atoms with Gasteiger partial charge in [-0.2, -0.15) is 0 Å². The normalized spacial score (nSPS) is 17.5. The van der Waals surface area contributed by atoms with Crippen molar-refractivity contribution in [3.05, 3.63) is 29.3 Å². The summed E-state index contributed by atoms with van der Waals surface area (Å²) in [5.41, 5.74) is 8.03. The Hall–Kier alpha value is -1.42. The summed E-state index contributed by atoms with van der Waals surface area (Å²) in [7, 11) is 0. The third kappa shape index (κ3) is 3.18. The summed E-state index contributed by atoms with van der Waals surface area (Å²) in [5.74, 6) is 0.111. The largest absolute Gasteiger partial charge is 0.389 e. The minimum absolute atomic E-state index is 0.111. The van der Waals surface area contributed by atoms with Gasteiger partial charge in [0, 0.05) is 16.7 Å². The number of carbonyl (C=O) groups excluding carboxylic acids is 1. The minimum atomic E-state index is -0.246. The van der Waals surface area contributed by atoms with Crippen LogP contribution in [0.4, 0.5) is 5.69 Å². The number of amides is 1. The van der Waals surface area contributed by atoms with E-state index in [0.717, 1.165) is 42.5 Å². The molecule has 3 N–H and O–H groups in total. The van der Waals surface area contributed by atoms with Crippen LogP contribution in [-0.2, 0) is 4.79 Å². The summed E-state index contributed by atoms with van der Waals surface area (Å²) in [6, 6.07) is 5.69. The third-order valence-corrected chi connectivity index (χ3v) is 4.51. The Morgan fingerprint density at radius 2 is 1.95 bits per heavy atom. The molecule has 0 radical (unpaired) electrons. The van der Waals surface area contributed by atoms with Crippen molar-refractivity contribution in [3.63, 3.8) is 0 Å². The molecule has 1 aromatic rings. The maximum atomic E-state index is 12.5. The predicted octanol–water partition coefficient (Wildman–Crippen LogP) is 3.54. The second-order valence-corrected chi connectivity index (χ2v) is 6.41. The average Bonchev–Trinajstić information content (AvgIpc) is 2.41. The molecule has 0 atom stereocenters. The Kier molecular flexibility index (Phi) is 4.43. The molecule has 2 rings (SSSR count). The summed E-state index contributed by atoms with van der Waals surface area (Å²) < 4.78 is 0. The molecule has 0 heterocycles. The lowest BCUT2D eigenvalue weighted by molar-refractivity contribution is -0.126. The lowest BCUT2D eigenvalue weighted by atomic mass is 9.75. The smallest absolute Gasteiger partial charge is 0.230 e. The van der Waals surface area contributed by atoms with E-state index in [9.17, 15) is 4.79 Å². The lowest BCUT2D eigenvalue weighted by Crippen LogP contribution is -2.35. The van der Waals surface area contributed by atoms with E-state index in [1.807, 2.05) is 25.1 Å². The van der Waals surface area contributed by atoms with Crippen LogP contribution in [0.1, 0.15) is 50.2 Å². The number of thiocarbonyl (C=S) groups is 1. The van der Waals surface area contributed by atoms with Crippen LogP contribution in [0.25, 0.3) is 0 Å². The van der Waals surface area contributed by atoms with Crippen molar-refractivity contribution in [2.75, 3.05) is 5.32 Å². The van der Waals surface area contributed by atoms with Crippen LogP contribution < -0.4 is 11.1 Å². The van der Waals surface area contributed by atoms with Gasteiger partial charge in [0.1, 0.15) is 4.99 Å². The fraction of sp³-hybridized carbons (Fsp3) is 0.500. The average molecular weight is 290 g/mol. The summed E-state index contributed by atoms with van der Waals surface area (Å²) >= 11 is 4.99. The standard InChI is InChI=1S/C16H22N2OS/c1-11-6-7-12(14(17)20)10-13(11)18-15(19)16(2)8-4-3-5-9-16/h6-7,10H,3-5,8-9H2,1-2H3,(H2,17,20)(H,18,19). The van der Waals surface area contributed by atoms with Crippen LogP contribution in [0, 0.1) is 12.3 Å². The van der Waals surface area contributed by atoms with Crippen molar-refractivity contribution < 1.29 is 4.79 Å². The highest BCUT2D eigenvalue weighted by Gasteiger charge is 2.34. The molecule has 0 saturated heterocycles. The quantitative estimate of drug-likeness (QED) is 0.837. The molecule has 0 aliphatic heterocycles. The molecular formula is C16H22N2OS. The number of rotatable bonds is 3. The van der Waals surface area contributed by atoms with E-state index in [1.165, 1.54) is 6.42 Å². The van der Waals surface area contributed by atoms with Gasteiger partial charge in [0.15, 0.2) is 0 Å². The highest BCUT2D eigenvalue weighted by atomic mass is 32.1. The number of nitrogens with two attached hydrogens (primary N) is 1. The number of anilines is 1. The molecular weight excluding hydrogens is 268 g/mol. The fourth-order valence-corrected chi connectivity index (χ4v) is 2.87. The molecule has 4 heteroatoms. The highest BCUT2D eigenvalue weighted by molar-refractivity contribution is 7.80. The molecule has 3 nitrogen and oxygen atoms in total. The van der Waals surface area contributed by atoms with Gasteiger partial charge in [-0.15, -0.1) is 0 Å². The first kappa shape index (κ1) is 15.0. The number of carbonyl (C=O) groups is 1. The Labute approximate surface area is 125 Å². The van der Waals surface area contributed by atoms with Crippen molar-refractivity contribution in [1.29, 1.82) is 0 Å². The molecule has 0 spiro atoms. The lowest BCUT2D eigenvalue weighted by Gasteiger charge is -2.32. The molecule has 0 aromatic heterocycles. The molecule has 108 valence electrons. The number of aryl methyl sites for hydroxylation is 1. The molecule has 0 unspecified atom stereocenters. The van der Waals surface area contributed by atoms with E-state index < -0.39 is 0 Å². The van der Waals surface area contributed by atoms with Gasteiger partial charge >= 0.3 is 0 Å². The van der Waals surface area contributed by atoms with Gasteiger partial charge in [0.25, 0.3) is 0 Å². The topological polar surface area (TPSA) is 55.1 Å². The summed E-state index contributed by atoms with van der Waals surface area (Å²) in [5, 5.41) is 3.06. The summed E-state index contributed by atoms with van der Waals surface area (Å²) in [6.07, 6.45) is 5.43. The van der Waals surface area contributed by atoms with Crippen molar-refractivity contribution in [1.82, 2.24) is 0 Å². The van der Waals surface area contributed by atoms with Crippen LogP contribution >= 0.6 is 12.2 Å². The van der Waals surface area contributed by atoms with Gasteiger partial charge in [0.05, 0.1) is 0 Å². The van der Waals surface area contributed by atoms with Crippen molar-refractivity contribution >= 4 is 28.8 Å². The molecule has 1 aliphatic carbocycles. The predicted molar refractivity (Wildman–Crippen MR) is 86.9 cm³/mol. The van der Waals surface area contributed by atoms with Gasteiger partial charge < -0.3 is 11.1 Å². The molecule has 0 bridgehead atoms. The SMILES string of the molecule is Cc1ccc(C(N)=S)cc1NC(=O)C1(C)CCCCC1. The second-order valence-electron chi connectivity index (χ2n) is 5.97. The first-order valence-corrected chi connectivity index (χ1v) is 7.55. The van der Waals surface area contributed by atoms with Crippen molar-refractivity contribution in [2.24, 2.45) is 11.1 Å². The molecule has 20 heavy (non-hydrogen) atoms. The van der Waals surface area contributed by atoms with Crippen LogP contribution in [0.5, 0.6) is 0 Å². The van der Waals surface area contributed by atoms with Crippen LogP contribution in [-0.4, -0.2) is 10.9 Å². The fourth-order valence-electron chi connectivity index (χ4n) is 2.74. The monoisotopic (exact) mass is 290 g/mol. The maximum absolute atomic E-state index is 12.5. The molecule has 1 saturated carbocycles. The van der Waals surface area contributed by atoms with E-state index in [2.05, 4.69) is 12.2 Å². The van der Waals surface area contributed by atoms with Crippen LogP contribution in [0.15, 0.2) is 18.2 Å². The second kappa shape index (κ2) is 5.92. The number of benzene rings is 1. The number of hydrogen-bond acceptors (Lipinski definition) is 2.